The minimum absolute atomic E-state index is 0.234. The Kier molecular flexibility index (Phi) is 3.33. The zero-order valence-electron chi connectivity index (χ0n) is 8.36. The second-order valence-corrected chi connectivity index (χ2v) is 3.00. The molecule has 0 spiro atoms. The smallest absolute Gasteiger partial charge is 0.308 e. The van der Waals surface area contributed by atoms with Gasteiger partial charge in [0, 0.05) is 12.5 Å². The van der Waals surface area contributed by atoms with Crippen LogP contribution >= 0.6 is 0 Å². The molecule has 1 aromatic rings. The van der Waals surface area contributed by atoms with Gasteiger partial charge in [-0.15, -0.1) is 6.58 Å². The lowest BCUT2D eigenvalue weighted by Crippen LogP contribution is -2.03. The van der Waals surface area contributed by atoms with Crippen LogP contribution < -0.4 is 4.74 Å². The highest BCUT2D eigenvalue weighted by Gasteiger charge is 2.13. The number of carbonyl (C=O) groups is 1. The van der Waals surface area contributed by atoms with Crippen molar-refractivity contribution in [2.24, 2.45) is 0 Å². The number of rotatable bonds is 3. The van der Waals surface area contributed by atoms with E-state index in [1.54, 1.807) is 6.08 Å². The fraction of sp³-hybridized carbons (Fsp3) is 0.182. The van der Waals surface area contributed by atoms with Crippen molar-refractivity contribution in [2.45, 2.75) is 13.3 Å². The monoisotopic (exact) mass is 208 g/mol. The lowest BCUT2D eigenvalue weighted by Gasteiger charge is -2.10. The van der Waals surface area contributed by atoms with Gasteiger partial charge in [0.15, 0.2) is 11.5 Å². The van der Waals surface area contributed by atoms with Crippen LogP contribution in [-0.4, -0.2) is 16.2 Å². The molecule has 0 radical (unpaired) electrons. The van der Waals surface area contributed by atoms with Crippen molar-refractivity contribution in [1.29, 1.82) is 0 Å². The highest BCUT2D eigenvalue weighted by atomic mass is 16.5. The van der Waals surface area contributed by atoms with Gasteiger partial charge in [0.1, 0.15) is 5.75 Å². The van der Waals surface area contributed by atoms with Crippen molar-refractivity contribution in [2.75, 3.05) is 0 Å². The zero-order chi connectivity index (χ0) is 11.4. The van der Waals surface area contributed by atoms with Gasteiger partial charge in [-0.05, 0) is 18.6 Å². The fourth-order valence-corrected chi connectivity index (χ4v) is 1.20. The Bertz CT molecular complexity index is 396. The number of hydrogen-bond donors (Lipinski definition) is 2. The number of allylic oxidation sites excluding steroid dienone is 1. The normalized spacial score (nSPS) is 9.67. The molecule has 80 valence electrons. The van der Waals surface area contributed by atoms with E-state index >= 15 is 0 Å². The van der Waals surface area contributed by atoms with Crippen molar-refractivity contribution in [3.63, 3.8) is 0 Å². The van der Waals surface area contributed by atoms with E-state index in [1.165, 1.54) is 19.1 Å². The third-order valence-corrected chi connectivity index (χ3v) is 1.82. The minimum Gasteiger partial charge on any atom is -0.504 e. The van der Waals surface area contributed by atoms with Crippen molar-refractivity contribution in [1.82, 2.24) is 0 Å². The summed E-state index contributed by atoms with van der Waals surface area (Å²) in [6, 6.07) is 2.69. The molecule has 0 aliphatic heterocycles. The Morgan fingerprint density at radius 3 is 2.73 bits per heavy atom. The van der Waals surface area contributed by atoms with E-state index in [4.69, 9.17) is 4.74 Å². The van der Waals surface area contributed by atoms with Gasteiger partial charge in [0.25, 0.3) is 0 Å². The SMILES string of the molecule is C=CCc1c(OC(C)=O)ccc(O)c1O. The number of ether oxygens (including phenoxy) is 1. The minimum atomic E-state index is -0.481. The average molecular weight is 208 g/mol. The Balaban J connectivity index is 3.19. The van der Waals surface area contributed by atoms with Crippen LogP contribution in [0.4, 0.5) is 0 Å². The molecule has 4 nitrogen and oxygen atoms in total. The van der Waals surface area contributed by atoms with Crippen molar-refractivity contribution < 1.29 is 19.7 Å². The summed E-state index contributed by atoms with van der Waals surface area (Å²) in [7, 11) is 0. The molecule has 0 unspecified atom stereocenters. The third-order valence-electron chi connectivity index (χ3n) is 1.82. The second kappa shape index (κ2) is 4.50. The molecule has 0 aliphatic carbocycles. The first-order valence-electron chi connectivity index (χ1n) is 4.39. The third kappa shape index (κ3) is 2.49. The Morgan fingerprint density at radius 1 is 1.53 bits per heavy atom. The lowest BCUT2D eigenvalue weighted by atomic mass is 10.1. The number of phenols is 2. The van der Waals surface area contributed by atoms with E-state index in [1.807, 2.05) is 0 Å². The van der Waals surface area contributed by atoms with Crippen LogP contribution in [-0.2, 0) is 11.2 Å². The number of aromatic hydroxyl groups is 2. The molecule has 0 aliphatic rings. The molecule has 15 heavy (non-hydrogen) atoms. The Morgan fingerprint density at radius 2 is 2.20 bits per heavy atom. The van der Waals surface area contributed by atoms with Gasteiger partial charge in [-0.1, -0.05) is 6.08 Å². The van der Waals surface area contributed by atoms with E-state index < -0.39 is 5.97 Å². The van der Waals surface area contributed by atoms with E-state index in [-0.39, 0.29) is 17.2 Å². The molecule has 0 saturated heterocycles. The molecule has 0 amide bonds. The molecule has 0 saturated carbocycles. The summed E-state index contributed by atoms with van der Waals surface area (Å²) in [5.74, 6) is -0.778. The quantitative estimate of drug-likeness (QED) is 0.344. The van der Waals surface area contributed by atoms with Gasteiger partial charge in [-0.2, -0.15) is 0 Å². The average Bonchev–Trinajstić information content (AvgIpc) is 2.17. The first kappa shape index (κ1) is 11.1. The zero-order valence-corrected chi connectivity index (χ0v) is 8.36. The summed E-state index contributed by atoms with van der Waals surface area (Å²) < 4.78 is 4.88. The number of esters is 1. The number of carbonyl (C=O) groups excluding carboxylic acids is 1. The summed E-state index contributed by atoms with van der Waals surface area (Å²) in [6.07, 6.45) is 1.85. The van der Waals surface area contributed by atoms with Gasteiger partial charge in [-0.3, -0.25) is 4.79 Å². The van der Waals surface area contributed by atoms with E-state index in [0.29, 0.717) is 12.0 Å². The molecule has 0 aromatic heterocycles. The second-order valence-electron chi connectivity index (χ2n) is 3.00. The largest absolute Gasteiger partial charge is 0.504 e. The molecule has 0 atom stereocenters. The van der Waals surface area contributed by atoms with Crippen LogP contribution in [0.5, 0.6) is 17.2 Å². The van der Waals surface area contributed by atoms with Gasteiger partial charge >= 0.3 is 5.97 Å². The maximum atomic E-state index is 10.8. The van der Waals surface area contributed by atoms with Crippen molar-refractivity contribution in [3.8, 4) is 17.2 Å². The maximum absolute atomic E-state index is 10.8. The summed E-state index contributed by atoms with van der Waals surface area (Å²) in [5.41, 5.74) is 0.347. The van der Waals surface area contributed by atoms with Crippen LogP contribution in [0, 0.1) is 0 Å². The molecule has 0 fully saturated rings. The number of benzene rings is 1. The van der Waals surface area contributed by atoms with E-state index in [0.717, 1.165) is 0 Å². The Labute approximate surface area is 87.4 Å². The number of hydrogen-bond acceptors (Lipinski definition) is 4. The predicted molar refractivity (Wildman–Crippen MR) is 55.0 cm³/mol. The van der Waals surface area contributed by atoms with Crippen LogP contribution in [0.3, 0.4) is 0 Å². The molecular formula is C11H12O4. The molecule has 0 heterocycles. The van der Waals surface area contributed by atoms with Crippen LogP contribution in [0.25, 0.3) is 0 Å². The molecule has 2 N–H and O–H groups in total. The van der Waals surface area contributed by atoms with Crippen LogP contribution in [0.2, 0.25) is 0 Å². The molecule has 1 aromatic carbocycles. The summed E-state index contributed by atoms with van der Waals surface area (Å²) in [4.78, 5) is 10.8. The molecule has 4 heteroatoms. The highest BCUT2D eigenvalue weighted by Crippen LogP contribution is 2.36. The van der Waals surface area contributed by atoms with Gasteiger partial charge < -0.3 is 14.9 Å². The summed E-state index contributed by atoms with van der Waals surface area (Å²) >= 11 is 0. The van der Waals surface area contributed by atoms with Crippen molar-refractivity contribution >= 4 is 5.97 Å². The molecule has 1 rings (SSSR count). The first-order chi connectivity index (χ1) is 7.06. The highest BCUT2D eigenvalue weighted by molar-refractivity contribution is 5.70. The van der Waals surface area contributed by atoms with Gasteiger partial charge in [0.05, 0.1) is 0 Å². The standard InChI is InChI=1S/C11H12O4/c1-3-4-8-10(15-7(2)12)6-5-9(13)11(8)14/h3,5-6,13-14H,1,4H2,2H3. The van der Waals surface area contributed by atoms with E-state index in [9.17, 15) is 15.0 Å². The maximum Gasteiger partial charge on any atom is 0.308 e. The van der Waals surface area contributed by atoms with Crippen LogP contribution in [0.15, 0.2) is 24.8 Å². The summed E-state index contributed by atoms with van der Waals surface area (Å²) in [5, 5.41) is 18.8. The summed E-state index contributed by atoms with van der Waals surface area (Å²) in [6.45, 7) is 4.78. The fourth-order valence-electron chi connectivity index (χ4n) is 1.20. The predicted octanol–water partition coefficient (Wildman–Crippen LogP) is 1.75. The number of phenolic OH excluding ortho intramolecular Hbond substituents is 2. The lowest BCUT2D eigenvalue weighted by molar-refractivity contribution is -0.131. The van der Waals surface area contributed by atoms with Gasteiger partial charge in [0.2, 0.25) is 0 Å². The Hall–Kier alpha value is -1.97. The topological polar surface area (TPSA) is 66.8 Å². The molecular weight excluding hydrogens is 196 g/mol. The van der Waals surface area contributed by atoms with Crippen LogP contribution in [0.1, 0.15) is 12.5 Å². The molecule has 0 bridgehead atoms. The van der Waals surface area contributed by atoms with Gasteiger partial charge in [-0.25, -0.2) is 0 Å². The van der Waals surface area contributed by atoms with E-state index in [2.05, 4.69) is 6.58 Å². The first-order valence-corrected chi connectivity index (χ1v) is 4.39. The van der Waals surface area contributed by atoms with Crippen molar-refractivity contribution in [3.05, 3.63) is 30.4 Å².